The summed E-state index contributed by atoms with van der Waals surface area (Å²) >= 11 is 1.47. The zero-order valence-electron chi connectivity index (χ0n) is 15.9. The summed E-state index contributed by atoms with van der Waals surface area (Å²) in [5.41, 5.74) is 1.51. The number of fused-ring (bicyclic) bond motifs is 1. The first-order valence-corrected chi connectivity index (χ1v) is 10.1. The maximum Gasteiger partial charge on any atom is 0.272 e. The summed E-state index contributed by atoms with van der Waals surface area (Å²) < 4.78 is 30.5. The van der Waals surface area contributed by atoms with E-state index in [1.54, 1.807) is 46.0 Å². The summed E-state index contributed by atoms with van der Waals surface area (Å²) in [5, 5.41) is 5.28. The highest BCUT2D eigenvalue weighted by Gasteiger charge is 2.20. The van der Waals surface area contributed by atoms with Gasteiger partial charge in [-0.1, -0.05) is 12.1 Å². The van der Waals surface area contributed by atoms with E-state index in [0.717, 1.165) is 17.3 Å². The van der Waals surface area contributed by atoms with Crippen LogP contribution in [0.4, 0.5) is 8.78 Å². The maximum absolute atomic E-state index is 13.9. The highest BCUT2D eigenvalue weighted by molar-refractivity contribution is 7.12. The summed E-state index contributed by atoms with van der Waals surface area (Å²) in [7, 11) is 0. The number of benzene rings is 1. The molecule has 4 heterocycles. The fourth-order valence-electron chi connectivity index (χ4n) is 3.20. The number of aromatic nitrogens is 5. The van der Waals surface area contributed by atoms with E-state index < -0.39 is 17.5 Å². The average Bonchev–Trinajstić information content (AvgIpc) is 3.51. The Hall–Kier alpha value is -3.92. The largest absolute Gasteiger partial charge is 0.346 e. The van der Waals surface area contributed by atoms with Gasteiger partial charge >= 0.3 is 0 Å². The molecule has 4 aromatic heterocycles. The predicted octanol–water partition coefficient (Wildman–Crippen LogP) is 3.85. The number of amides is 1. The summed E-state index contributed by atoms with van der Waals surface area (Å²) in [6.45, 7) is -0.0925. The third-order valence-corrected chi connectivity index (χ3v) is 5.45. The molecule has 1 aromatic carbocycles. The van der Waals surface area contributed by atoms with Crippen molar-refractivity contribution in [3.63, 3.8) is 0 Å². The minimum atomic E-state index is -0.719. The number of thiazole rings is 1. The van der Waals surface area contributed by atoms with E-state index in [9.17, 15) is 13.6 Å². The third kappa shape index (κ3) is 3.57. The number of pyridine rings is 1. The highest BCUT2D eigenvalue weighted by Crippen LogP contribution is 2.23. The van der Waals surface area contributed by atoms with Gasteiger partial charge in [0.25, 0.3) is 5.91 Å². The van der Waals surface area contributed by atoms with Crippen molar-refractivity contribution in [2.75, 3.05) is 0 Å². The van der Waals surface area contributed by atoms with Gasteiger partial charge in [0.2, 0.25) is 0 Å². The van der Waals surface area contributed by atoms with Crippen molar-refractivity contribution in [1.29, 1.82) is 0 Å². The Kier molecular flexibility index (Phi) is 4.75. The number of rotatable bonds is 5. The van der Waals surface area contributed by atoms with Gasteiger partial charge in [-0.15, -0.1) is 11.3 Å². The fraction of sp³-hybridized carbons (Fsp3) is 0.0476. The molecule has 31 heavy (non-hydrogen) atoms. The number of carbonyl (C=O) groups excluding carboxylic acids is 1. The molecule has 7 nitrogen and oxygen atoms in total. The number of hydrogen-bond donors (Lipinski definition) is 1. The lowest BCUT2D eigenvalue weighted by atomic mass is 10.2. The van der Waals surface area contributed by atoms with Gasteiger partial charge in [0.15, 0.2) is 16.6 Å². The van der Waals surface area contributed by atoms with Gasteiger partial charge < -0.3 is 5.32 Å². The van der Waals surface area contributed by atoms with Crippen molar-refractivity contribution >= 4 is 22.8 Å². The van der Waals surface area contributed by atoms with Crippen LogP contribution in [0, 0.1) is 11.6 Å². The van der Waals surface area contributed by atoms with Crippen molar-refractivity contribution in [2.45, 2.75) is 6.54 Å². The van der Waals surface area contributed by atoms with Crippen molar-refractivity contribution in [3.8, 4) is 16.6 Å². The van der Waals surface area contributed by atoms with Crippen molar-refractivity contribution in [1.82, 2.24) is 29.2 Å². The third-order valence-electron chi connectivity index (χ3n) is 4.67. The molecule has 1 N–H and O–H groups in total. The molecule has 0 aliphatic carbocycles. The Bertz CT molecular complexity index is 1390. The molecule has 0 aliphatic heterocycles. The number of nitrogens with zero attached hydrogens (tertiary/aromatic N) is 5. The van der Waals surface area contributed by atoms with Gasteiger partial charge in [-0.25, -0.2) is 23.7 Å². The molecule has 10 heteroatoms. The summed E-state index contributed by atoms with van der Waals surface area (Å²) in [6, 6.07) is 8.61. The number of halogens is 2. The van der Waals surface area contributed by atoms with Crippen molar-refractivity contribution in [3.05, 3.63) is 89.6 Å². The molecule has 0 saturated heterocycles. The van der Waals surface area contributed by atoms with Crippen LogP contribution in [0.5, 0.6) is 0 Å². The average molecular weight is 436 g/mol. The first-order chi connectivity index (χ1) is 15.1. The van der Waals surface area contributed by atoms with Crippen LogP contribution in [0.3, 0.4) is 0 Å². The number of carbonyl (C=O) groups is 1. The Morgan fingerprint density at radius 2 is 2.06 bits per heavy atom. The van der Waals surface area contributed by atoms with E-state index in [-0.39, 0.29) is 17.8 Å². The number of hydrogen-bond acceptors (Lipinski definition) is 5. The summed E-state index contributed by atoms with van der Waals surface area (Å²) in [4.78, 5) is 26.0. The highest BCUT2D eigenvalue weighted by atomic mass is 32.1. The van der Waals surface area contributed by atoms with Crippen molar-refractivity contribution in [2.24, 2.45) is 0 Å². The Morgan fingerprint density at radius 3 is 2.87 bits per heavy atom. The topological polar surface area (TPSA) is 77.1 Å². The molecule has 0 bridgehead atoms. The monoisotopic (exact) mass is 436 g/mol. The van der Waals surface area contributed by atoms with Gasteiger partial charge in [-0.3, -0.25) is 13.8 Å². The van der Waals surface area contributed by atoms with E-state index >= 15 is 0 Å². The normalized spacial score (nSPS) is 11.2. The van der Waals surface area contributed by atoms with Crippen LogP contribution in [0.1, 0.15) is 16.1 Å². The summed E-state index contributed by atoms with van der Waals surface area (Å²) in [6.07, 6.45) is 6.92. The van der Waals surface area contributed by atoms with E-state index in [1.807, 2.05) is 11.4 Å². The Labute approximate surface area is 178 Å². The molecule has 1 amide bonds. The molecule has 0 unspecified atom stereocenters. The lowest BCUT2D eigenvalue weighted by Crippen LogP contribution is -2.24. The van der Waals surface area contributed by atoms with Gasteiger partial charge in [-0.2, -0.15) is 0 Å². The quantitative estimate of drug-likeness (QED) is 0.454. The molecule has 5 aromatic rings. The number of imidazole rings is 2. The second kappa shape index (κ2) is 7.73. The number of nitrogens with one attached hydrogen (secondary N) is 1. The molecule has 0 fully saturated rings. The minimum absolute atomic E-state index is 0.0925. The van der Waals surface area contributed by atoms with E-state index in [1.165, 1.54) is 17.4 Å². The molecule has 0 atom stereocenters. The smallest absolute Gasteiger partial charge is 0.272 e. The van der Waals surface area contributed by atoms with Gasteiger partial charge in [0.05, 0.1) is 5.52 Å². The first-order valence-electron chi connectivity index (χ1n) is 9.23. The fourth-order valence-corrected chi connectivity index (χ4v) is 3.78. The summed E-state index contributed by atoms with van der Waals surface area (Å²) in [5.74, 6) is -1.38. The maximum atomic E-state index is 13.9. The van der Waals surface area contributed by atoms with Crippen LogP contribution in [0.25, 0.3) is 22.2 Å². The Morgan fingerprint density at radius 1 is 1.16 bits per heavy atom. The van der Waals surface area contributed by atoms with Crippen LogP contribution in [-0.2, 0) is 6.54 Å². The zero-order chi connectivity index (χ0) is 21.4. The predicted molar refractivity (Wildman–Crippen MR) is 111 cm³/mol. The minimum Gasteiger partial charge on any atom is -0.346 e. The zero-order valence-corrected chi connectivity index (χ0v) is 16.7. The molecule has 154 valence electrons. The molecule has 0 aliphatic rings. The van der Waals surface area contributed by atoms with Crippen molar-refractivity contribution < 1.29 is 13.6 Å². The molecule has 0 radical (unpaired) electrons. The van der Waals surface area contributed by atoms with E-state index in [4.69, 9.17) is 0 Å². The molecular weight excluding hydrogens is 422 g/mol. The van der Waals surface area contributed by atoms with E-state index in [0.29, 0.717) is 17.0 Å². The van der Waals surface area contributed by atoms with Gasteiger partial charge in [0, 0.05) is 42.1 Å². The first kappa shape index (κ1) is 19.1. The molecule has 0 spiro atoms. The van der Waals surface area contributed by atoms with Crippen LogP contribution in [-0.4, -0.2) is 29.8 Å². The molecular formula is C21H14F2N6OS. The molecule has 0 saturated carbocycles. The SMILES string of the molecule is O=C(NCc1ccc(F)cc1F)c1nc(-c2cn(-c3nccs3)cn2)n2ccccc12. The van der Waals surface area contributed by atoms with Gasteiger partial charge in [-0.05, 0) is 18.2 Å². The standard InChI is InChI=1S/C21H14F2N6OS/c22-14-5-4-13(15(23)9-14)10-25-20(30)18-17-3-1-2-7-29(17)19(27-18)16-11-28(12-26-16)21-24-6-8-31-21/h1-9,11-12H,10H2,(H,25,30). The van der Waals surface area contributed by atoms with Crippen LogP contribution in [0.15, 0.2) is 66.7 Å². The lowest BCUT2D eigenvalue weighted by molar-refractivity contribution is 0.0948. The van der Waals surface area contributed by atoms with Gasteiger partial charge in [0.1, 0.15) is 23.7 Å². The second-order valence-corrected chi connectivity index (χ2v) is 7.51. The Balaban J connectivity index is 1.47. The van der Waals surface area contributed by atoms with Crippen LogP contribution in [0.2, 0.25) is 0 Å². The molecule has 5 rings (SSSR count). The second-order valence-electron chi connectivity index (χ2n) is 6.64. The van der Waals surface area contributed by atoms with Crippen LogP contribution < -0.4 is 5.32 Å². The van der Waals surface area contributed by atoms with E-state index in [2.05, 4.69) is 20.3 Å². The lowest BCUT2D eigenvalue weighted by Gasteiger charge is -2.05. The van der Waals surface area contributed by atoms with Crippen LogP contribution >= 0.6 is 11.3 Å².